The lowest BCUT2D eigenvalue weighted by Crippen LogP contribution is -2.32. The third-order valence-corrected chi connectivity index (χ3v) is 4.95. The minimum Gasteiger partial charge on any atom is -0.329 e. The molecule has 0 aliphatic heterocycles. The van der Waals surface area contributed by atoms with Crippen LogP contribution in [0.3, 0.4) is 0 Å². The molecule has 2 nitrogen and oxygen atoms in total. The summed E-state index contributed by atoms with van der Waals surface area (Å²) in [4.78, 5) is 3.75. The number of hydrogen-bond donors (Lipinski definition) is 1. The highest BCUT2D eigenvalue weighted by Gasteiger charge is 2.22. The molecule has 0 aromatic carbocycles. The summed E-state index contributed by atoms with van der Waals surface area (Å²) in [6.07, 6.45) is 0. The SMILES string of the molecule is CC(c1cccs1)N(C)C(CN)c1ccsc1. The van der Waals surface area contributed by atoms with Crippen molar-refractivity contribution in [2.24, 2.45) is 5.73 Å². The van der Waals surface area contributed by atoms with Gasteiger partial charge in [0.2, 0.25) is 0 Å². The fourth-order valence-electron chi connectivity index (χ4n) is 2.00. The molecule has 0 saturated carbocycles. The molecule has 0 aliphatic carbocycles. The molecule has 0 aliphatic rings. The molecule has 2 heterocycles. The van der Waals surface area contributed by atoms with Crippen LogP contribution in [-0.2, 0) is 0 Å². The third-order valence-electron chi connectivity index (χ3n) is 3.21. The molecule has 0 radical (unpaired) electrons. The maximum atomic E-state index is 5.92. The van der Waals surface area contributed by atoms with Crippen LogP contribution in [0.4, 0.5) is 0 Å². The van der Waals surface area contributed by atoms with Gasteiger partial charge in [-0.15, -0.1) is 11.3 Å². The van der Waals surface area contributed by atoms with E-state index in [2.05, 4.69) is 53.2 Å². The van der Waals surface area contributed by atoms with E-state index in [1.165, 1.54) is 10.4 Å². The normalized spacial score (nSPS) is 15.1. The highest BCUT2D eigenvalue weighted by molar-refractivity contribution is 7.10. The molecule has 2 atom stereocenters. The van der Waals surface area contributed by atoms with Crippen molar-refractivity contribution in [3.63, 3.8) is 0 Å². The van der Waals surface area contributed by atoms with Gasteiger partial charge in [-0.05, 0) is 47.8 Å². The summed E-state index contributed by atoms with van der Waals surface area (Å²) in [5.74, 6) is 0. The van der Waals surface area contributed by atoms with Crippen molar-refractivity contribution in [1.82, 2.24) is 4.90 Å². The van der Waals surface area contributed by atoms with E-state index >= 15 is 0 Å². The van der Waals surface area contributed by atoms with Crippen LogP contribution in [0.1, 0.15) is 29.4 Å². The Morgan fingerprint density at radius 3 is 2.71 bits per heavy atom. The molecule has 2 unspecified atom stereocenters. The van der Waals surface area contributed by atoms with Gasteiger partial charge in [0, 0.05) is 23.5 Å². The lowest BCUT2D eigenvalue weighted by atomic mass is 10.1. The van der Waals surface area contributed by atoms with Gasteiger partial charge in [-0.1, -0.05) is 6.07 Å². The molecule has 0 spiro atoms. The number of rotatable bonds is 5. The molecule has 0 amide bonds. The van der Waals surface area contributed by atoms with Gasteiger partial charge in [0.1, 0.15) is 0 Å². The van der Waals surface area contributed by atoms with Crippen molar-refractivity contribution in [3.05, 3.63) is 44.8 Å². The van der Waals surface area contributed by atoms with E-state index in [9.17, 15) is 0 Å². The summed E-state index contributed by atoms with van der Waals surface area (Å²) in [7, 11) is 2.15. The molecule has 2 N–H and O–H groups in total. The molecule has 2 rings (SSSR count). The van der Waals surface area contributed by atoms with Gasteiger partial charge in [-0.25, -0.2) is 0 Å². The molecule has 17 heavy (non-hydrogen) atoms. The van der Waals surface area contributed by atoms with Crippen LogP contribution in [0.25, 0.3) is 0 Å². The van der Waals surface area contributed by atoms with Crippen LogP contribution >= 0.6 is 22.7 Å². The first-order chi connectivity index (χ1) is 8.24. The van der Waals surface area contributed by atoms with Crippen molar-refractivity contribution >= 4 is 22.7 Å². The van der Waals surface area contributed by atoms with Crippen molar-refractivity contribution < 1.29 is 0 Å². The maximum absolute atomic E-state index is 5.92. The minimum absolute atomic E-state index is 0.304. The fourth-order valence-corrected chi connectivity index (χ4v) is 3.54. The molecule has 92 valence electrons. The van der Waals surface area contributed by atoms with Crippen molar-refractivity contribution in [3.8, 4) is 0 Å². The van der Waals surface area contributed by atoms with Crippen LogP contribution in [0, 0.1) is 0 Å². The van der Waals surface area contributed by atoms with Crippen molar-refractivity contribution in [1.29, 1.82) is 0 Å². The molecular weight excluding hydrogens is 248 g/mol. The summed E-state index contributed by atoms with van der Waals surface area (Å²) in [6.45, 7) is 2.89. The Bertz CT molecular complexity index is 422. The predicted molar refractivity (Wildman–Crippen MR) is 76.6 cm³/mol. The summed E-state index contributed by atoms with van der Waals surface area (Å²) in [5, 5.41) is 6.43. The van der Waals surface area contributed by atoms with Gasteiger partial charge in [0.15, 0.2) is 0 Å². The zero-order valence-electron chi connectivity index (χ0n) is 10.2. The first-order valence-corrected chi connectivity index (χ1v) is 7.53. The Labute approximate surface area is 111 Å². The summed E-state index contributed by atoms with van der Waals surface area (Å²) in [6, 6.07) is 7.17. The van der Waals surface area contributed by atoms with E-state index in [-0.39, 0.29) is 0 Å². The van der Waals surface area contributed by atoms with Crippen LogP contribution < -0.4 is 5.73 Å². The second-order valence-corrected chi connectivity index (χ2v) is 5.92. The number of nitrogens with zero attached hydrogens (tertiary/aromatic N) is 1. The lowest BCUT2D eigenvalue weighted by molar-refractivity contribution is 0.193. The smallest absolute Gasteiger partial charge is 0.0482 e. The van der Waals surface area contributed by atoms with Crippen LogP contribution in [0.5, 0.6) is 0 Å². The van der Waals surface area contributed by atoms with Gasteiger partial charge in [-0.3, -0.25) is 4.90 Å². The number of hydrogen-bond acceptors (Lipinski definition) is 4. The lowest BCUT2D eigenvalue weighted by Gasteiger charge is -2.31. The molecule has 2 aromatic heterocycles. The predicted octanol–water partition coefficient (Wildman–Crippen LogP) is 3.50. The Hall–Kier alpha value is -0.680. The van der Waals surface area contributed by atoms with Gasteiger partial charge in [0.05, 0.1) is 0 Å². The highest BCUT2D eigenvalue weighted by Crippen LogP contribution is 2.31. The van der Waals surface area contributed by atoms with Gasteiger partial charge >= 0.3 is 0 Å². The second kappa shape index (κ2) is 5.78. The Morgan fingerprint density at radius 2 is 2.18 bits per heavy atom. The Kier molecular flexibility index (Phi) is 4.34. The summed E-state index contributed by atoms with van der Waals surface area (Å²) < 4.78 is 0. The zero-order chi connectivity index (χ0) is 12.3. The van der Waals surface area contributed by atoms with Crippen LogP contribution in [0.15, 0.2) is 34.3 Å². The molecule has 0 saturated heterocycles. The topological polar surface area (TPSA) is 29.3 Å². The quantitative estimate of drug-likeness (QED) is 0.897. The fraction of sp³-hybridized carbons (Fsp3) is 0.385. The van der Waals surface area contributed by atoms with Crippen molar-refractivity contribution in [2.75, 3.05) is 13.6 Å². The molecular formula is C13H18N2S2. The van der Waals surface area contributed by atoms with Crippen LogP contribution in [0.2, 0.25) is 0 Å². The van der Waals surface area contributed by atoms with Gasteiger partial charge in [0.25, 0.3) is 0 Å². The van der Waals surface area contributed by atoms with E-state index < -0.39 is 0 Å². The van der Waals surface area contributed by atoms with Gasteiger partial charge < -0.3 is 5.73 Å². The average Bonchev–Trinajstić information content (AvgIpc) is 3.01. The number of thiophene rings is 2. The first kappa shape index (κ1) is 12.8. The van der Waals surface area contributed by atoms with E-state index in [0.717, 1.165) is 0 Å². The molecule has 0 fully saturated rings. The Balaban J connectivity index is 2.15. The molecule has 0 bridgehead atoms. The maximum Gasteiger partial charge on any atom is 0.0482 e. The summed E-state index contributed by atoms with van der Waals surface area (Å²) >= 11 is 3.53. The van der Waals surface area contributed by atoms with E-state index in [4.69, 9.17) is 5.73 Å². The van der Waals surface area contributed by atoms with E-state index in [1.54, 1.807) is 22.7 Å². The average molecular weight is 266 g/mol. The largest absolute Gasteiger partial charge is 0.329 e. The number of likely N-dealkylation sites (N-methyl/N-ethyl adjacent to an activating group) is 1. The first-order valence-electron chi connectivity index (χ1n) is 5.71. The molecule has 4 heteroatoms. The van der Waals surface area contributed by atoms with Gasteiger partial charge in [-0.2, -0.15) is 11.3 Å². The van der Waals surface area contributed by atoms with Crippen molar-refractivity contribution in [2.45, 2.75) is 19.0 Å². The number of nitrogens with two attached hydrogens (primary N) is 1. The third kappa shape index (κ3) is 2.77. The minimum atomic E-state index is 0.304. The second-order valence-electron chi connectivity index (χ2n) is 4.17. The summed E-state index contributed by atoms with van der Waals surface area (Å²) in [5.41, 5.74) is 7.25. The van der Waals surface area contributed by atoms with E-state index in [0.29, 0.717) is 18.6 Å². The molecule has 2 aromatic rings. The van der Waals surface area contributed by atoms with E-state index in [1.807, 2.05) is 0 Å². The monoisotopic (exact) mass is 266 g/mol. The zero-order valence-corrected chi connectivity index (χ0v) is 11.8. The standard InChI is InChI=1S/C13H18N2S2/c1-10(13-4-3-6-17-13)15(2)12(8-14)11-5-7-16-9-11/h3-7,9-10,12H,8,14H2,1-2H3. The van der Waals surface area contributed by atoms with Crippen LogP contribution in [-0.4, -0.2) is 18.5 Å². The Morgan fingerprint density at radius 1 is 1.35 bits per heavy atom. The highest BCUT2D eigenvalue weighted by atomic mass is 32.1.